The van der Waals surface area contributed by atoms with Gasteiger partial charge in [0, 0.05) is 12.1 Å². The van der Waals surface area contributed by atoms with Crippen LogP contribution in [0.15, 0.2) is 34.8 Å². The third-order valence-electron chi connectivity index (χ3n) is 3.86. The fraction of sp³-hybridized carbons (Fsp3) is 0.294. The van der Waals surface area contributed by atoms with Crippen LogP contribution in [-0.4, -0.2) is 36.6 Å². The first-order valence-corrected chi connectivity index (χ1v) is 8.61. The van der Waals surface area contributed by atoms with Gasteiger partial charge in [0.2, 0.25) is 5.88 Å². The Kier molecular flexibility index (Phi) is 6.78. The molecule has 8 heteroatoms. The van der Waals surface area contributed by atoms with Gasteiger partial charge in [-0.25, -0.2) is 10.9 Å². The van der Waals surface area contributed by atoms with Gasteiger partial charge in [-0.05, 0) is 58.2 Å². The summed E-state index contributed by atoms with van der Waals surface area (Å²) in [6.45, 7) is 2.06. The smallest absolute Gasteiger partial charge is 0.272 e. The van der Waals surface area contributed by atoms with Crippen molar-refractivity contribution in [2.24, 2.45) is 5.90 Å². The second-order valence-corrected chi connectivity index (χ2v) is 6.74. The number of amides is 1. The summed E-state index contributed by atoms with van der Waals surface area (Å²) < 4.78 is 5.82. The number of nitrogens with zero attached hydrogens (tertiary/aromatic N) is 2. The van der Waals surface area contributed by atoms with Crippen molar-refractivity contribution in [2.45, 2.75) is 13.0 Å². The van der Waals surface area contributed by atoms with Crippen LogP contribution in [0.5, 0.6) is 5.88 Å². The summed E-state index contributed by atoms with van der Waals surface area (Å²) in [5.74, 6) is 5.35. The molecule has 6 nitrogen and oxygen atoms in total. The molecule has 2 aromatic rings. The fourth-order valence-corrected chi connectivity index (χ4v) is 3.13. The molecule has 0 saturated heterocycles. The van der Waals surface area contributed by atoms with E-state index >= 15 is 0 Å². The summed E-state index contributed by atoms with van der Waals surface area (Å²) in [6, 6.07) is 8.42. The van der Waals surface area contributed by atoms with Crippen molar-refractivity contribution in [1.82, 2.24) is 9.88 Å². The summed E-state index contributed by atoms with van der Waals surface area (Å²) >= 11 is 9.34. The quantitative estimate of drug-likeness (QED) is 0.712. The van der Waals surface area contributed by atoms with Crippen molar-refractivity contribution in [1.29, 1.82) is 0 Å². The number of halogens is 2. The predicted octanol–water partition coefficient (Wildman–Crippen LogP) is 3.52. The van der Waals surface area contributed by atoms with E-state index in [0.29, 0.717) is 15.4 Å². The Balaban J connectivity index is 2.36. The zero-order valence-electron chi connectivity index (χ0n) is 14.1. The number of likely N-dealkylation sites (N-methyl/N-ethyl adjacent to an activating group) is 1. The van der Waals surface area contributed by atoms with Crippen molar-refractivity contribution in [3.05, 3.63) is 56.6 Å². The monoisotopic (exact) mass is 427 g/mol. The minimum absolute atomic E-state index is 0.137. The molecular weight excluding hydrogens is 410 g/mol. The van der Waals surface area contributed by atoms with Crippen LogP contribution in [0, 0.1) is 6.92 Å². The van der Waals surface area contributed by atoms with Crippen LogP contribution in [0.4, 0.5) is 0 Å². The van der Waals surface area contributed by atoms with Gasteiger partial charge in [-0.15, -0.1) is 0 Å². The SMILES string of the molecule is COc1nc(C(=O)N(C)C(CON)c2ccc(Cl)cc2C)ccc1Br. The van der Waals surface area contributed by atoms with Crippen LogP contribution in [-0.2, 0) is 4.84 Å². The van der Waals surface area contributed by atoms with Crippen molar-refractivity contribution in [2.75, 3.05) is 20.8 Å². The van der Waals surface area contributed by atoms with Crippen LogP contribution in [0.2, 0.25) is 5.02 Å². The highest BCUT2D eigenvalue weighted by Crippen LogP contribution is 2.28. The molecule has 1 unspecified atom stereocenters. The lowest BCUT2D eigenvalue weighted by Crippen LogP contribution is -2.35. The third kappa shape index (κ3) is 4.49. The predicted molar refractivity (Wildman–Crippen MR) is 99.7 cm³/mol. The number of ether oxygens (including phenoxy) is 1. The molecule has 2 N–H and O–H groups in total. The number of rotatable bonds is 6. The molecule has 0 radical (unpaired) electrons. The standard InChI is InChI=1S/C17H19BrClN3O3/c1-10-8-11(19)4-5-12(10)15(9-25-20)22(2)17(23)14-7-6-13(18)16(21-14)24-3/h4-8,15H,9,20H2,1-3H3. The van der Waals surface area contributed by atoms with Crippen LogP contribution in [0.25, 0.3) is 0 Å². The number of nitrogens with two attached hydrogens (primary N) is 1. The first-order valence-electron chi connectivity index (χ1n) is 7.44. The van der Waals surface area contributed by atoms with Gasteiger partial charge in [0.1, 0.15) is 5.69 Å². The number of benzene rings is 1. The maximum absolute atomic E-state index is 12.9. The molecule has 1 aromatic heterocycles. The minimum atomic E-state index is -0.383. The molecule has 0 saturated carbocycles. The lowest BCUT2D eigenvalue weighted by Gasteiger charge is -2.29. The molecule has 0 aliphatic carbocycles. The van der Waals surface area contributed by atoms with Gasteiger partial charge in [-0.2, -0.15) is 0 Å². The summed E-state index contributed by atoms with van der Waals surface area (Å²) in [6.07, 6.45) is 0. The van der Waals surface area contributed by atoms with Crippen molar-refractivity contribution in [3.63, 3.8) is 0 Å². The maximum Gasteiger partial charge on any atom is 0.272 e. The van der Waals surface area contributed by atoms with Gasteiger partial charge in [0.25, 0.3) is 5.91 Å². The molecule has 134 valence electrons. The van der Waals surface area contributed by atoms with Gasteiger partial charge >= 0.3 is 0 Å². The first-order chi connectivity index (χ1) is 11.9. The Morgan fingerprint density at radius 3 is 2.72 bits per heavy atom. The number of carbonyl (C=O) groups excluding carboxylic acids is 1. The molecule has 1 heterocycles. The number of pyridine rings is 1. The largest absolute Gasteiger partial charge is 0.480 e. The van der Waals surface area contributed by atoms with E-state index in [0.717, 1.165) is 11.1 Å². The van der Waals surface area contributed by atoms with Crippen LogP contribution >= 0.6 is 27.5 Å². The van der Waals surface area contributed by atoms with E-state index < -0.39 is 0 Å². The molecule has 0 aliphatic heterocycles. The van der Waals surface area contributed by atoms with E-state index in [1.165, 1.54) is 7.11 Å². The minimum Gasteiger partial charge on any atom is -0.480 e. The molecule has 1 amide bonds. The van der Waals surface area contributed by atoms with E-state index in [2.05, 4.69) is 20.9 Å². The van der Waals surface area contributed by atoms with Crippen molar-refractivity contribution < 1.29 is 14.4 Å². The van der Waals surface area contributed by atoms with E-state index in [1.54, 1.807) is 30.1 Å². The number of methoxy groups -OCH3 is 1. The lowest BCUT2D eigenvalue weighted by molar-refractivity contribution is 0.0492. The van der Waals surface area contributed by atoms with Crippen molar-refractivity contribution in [3.8, 4) is 5.88 Å². The summed E-state index contributed by atoms with van der Waals surface area (Å²) in [7, 11) is 3.17. The van der Waals surface area contributed by atoms with E-state index in [-0.39, 0.29) is 24.2 Å². The van der Waals surface area contributed by atoms with Gasteiger partial charge in [0.05, 0.1) is 24.2 Å². The molecule has 0 fully saturated rings. The molecule has 2 rings (SSSR count). The van der Waals surface area contributed by atoms with Gasteiger partial charge < -0.3 is 14.5 Å². The Morgan fingerprint density at radius 1 is 1.40 bits per heavy atom. The number of carbonyl (C=O) groups is 1. The van der Waals surface area contributed by atoms with Crippen LogP contribution in [0.3, 0.4) is 0 Å². The normalized spacial score (nSPS) is 11.9. The van der Waals surface area contributed by atoms with Gasteiger partial charge in [0.15, 0.2) is 0 Å². The lowest BCUT2D eigenvalue weighted by atomic mass is 10.0. The highest BCUT2D eigenvalue weighted by atomic mass is 79.9. The first kappa shape index (κ1) is 19.7. The second-order valence-electron chi connectivity index (χ2n) is 5.45. The summed E-state index contributed by atoms with van der Waals surface area (Å²) in [4.78, 5) is 23.5. The highest BCUT2D eigenvalue weighted by molar-refractivity contribution is 9.10. The van der Waals surface area contributed by atoms with Crippen LogP contribution < -0.4 is 10.6 Å². The number of hydrogen-bond donors (Lipinski definition) is 1. The third-order valence-corrected chi connectivity index (χ3v) is 4.70. The van der Waals surface area contributed by atoms with Gasteiger partial charge in [-0.3, -0.25) is 4.79 Å². The van der Waals surface area contributed by atoms with Gasteiger partial charge in [-0.1, -0.05) is 17.7 Å². The topological polar surface area (TPSA) is 77.7 Å². The number of aryl methyl sites for hydroxylation is 1. The summed E-state index contributed by atoms with van der Waals surface area (Å²) in [5.41, 5.74) is 2.10. The zero-order valence-corrected chi connectivity index (χ0v) is 16.5. The van der Waals surface area contributed by atoms with Crippen LogP contribution in [0.1, 0.15) is 27.7 Å². The highest BCUT2D eigenvalue weighted by Gasteiger charge is 2.25. The Hall–Kier alpha value is -1.67. The number of aromatic nitrogens is 1. The van der Waals surface area contributed by atoms with E-state index in [4.69, 9.17) is 27.1 Å². The maximum atomic E-state index is 12.9. The molecule has 0 bridgehead atoms. The fourth-order valence-electron chi connectivity index (χ4n) is 2.52. The van der Waals surface area contributed by atoms with E-state index in [9.17, 15) is 4.79 Å². The van der Waals surface area contributed by atoms with E-state index in [1.807, 2.05) is 19.1 Å². The zero-order chi connectivity index (χ0) is 18.6. The average molecular weight is 429 g/mol. The Labute approximate surface area is 160 Å². The second kappa shape index (κ2) is 8.62. The molecule has 0 aliphatic rings. The summed E-state index contributed by atoms with van der Waals surface area (Å²) in [5, 5.41) is 0.627. The molecular formula is C17H19BrClN3O3. The molecule has 1 aromatic carbocycles. The average Bonchev–Trinajstić information content (AvgIpc) is 2.59. The molecule has 0 spiro atoms. The number of hydrogen-bond acceptors (Lipinski definition) is 5. The Bertz CT molecular complexity index is 773. The Morgan fingerprint density at radius 2 is 2.12 bits per heavy atom. The molecule has 25 heavy (non-hydrogen) atoms. The molecule has 1 atom stereocenters. The van der Waals surface area contributed by atoms with Crippen molar-refractivity contribution >= 4 is 33.4 Å².